The summed E-state index contributed by atoms with van der Waals surface area (Å²) in [7, 11) is 0. The van der Waals surface area contributed by atoms with E-state index in [-0.39, 0.29) is 18.0 Å². The number of hydrogen-bond acceptors (Lipinski definition) is 4. The molecule has 1 aliphatic heterocycles. The fraction of sp³-hybridized carbons (Fsp3) is 0.333. The number of carbonyl (C=O) groups is 1. The van der Waals surface area contributed by atoms with Crippen LogP contribution in [0.5, 0.6) is 0 Å². The summed E-state index contributed by atoms with van der Waals surface area (Å²) in [5, 5.41) is 4.46. The first-order valence-electron chi connectivity index (χ1n) is 9.36. The number of amides is 1. The van der Waals surface area contributed by atoms with Crippen LogP contribution in [0.25, 0.3) is 5.95 Å². The van der Waals surface area contributed by atoms with Crippen LogP contribution >= 0.6 is 0 Å². The number of benzene rings is 1. The maximum atomic E-state index is 13.1. The first kappa shape index (κ1) is 18.2. The molecule has 144 valence electrons. The van der Waals surface area contributed by atoms with Gasteiger partial charge in [-0.25, -0.2) is 9.67 Å². The van der Waals surface area contributed by atoms with Gasteiger partial charge in [0.25, 0.3) is 5.56 Å². The van der Waals surface area contributed by atoms with Gasteiger partial charge in [-0.05, 0) is 51.8 Å². The van der Waals surface area contributed by atoms with Gasteiger partial charge in [0.05, 0.1) is 5.69 Å². The average Bonchev–Trinajstić information content (AvgIpc) is 3.24. The Labute approximate surface area is 163 Å². The Morgan fingerprint density at radius 3 is 2.61 bits per heavy atom. The molecule has 4 rings (SSSR count). The first-order valence-corrected chi connectivity index (χ1v) is 9.36. The molecule has 0 spiro atoms. The smallest absolute Gasteiger partial charge is 0.258 e. The SMILES string of the molecule is Cc1cc(C)n(-c2nc(C)c(C)c(=O)n2CC(=O)N2CCc3ccccc32)n1. The Balaban J connectivity index is 1.78. The Bertz CT molecular complexity index is 1140. The molecule has 0 saturated heterocycles. The number of rotatable bonds is 3. The van der Waals surface area contributed by atoms with Gasteiger partial charge in [0.1, 0.15) is 6.54 Å². The van der Waals surface area contributed by atoms with Crippen molar-refractivity contribution in [2.24, 2.45) is 0 Å². The summed E-state index contributed by atoms with van der Waals surface area (Å²) in [6, 6.07) is 9.81. The van der Waals surface area contributed by atoms with E-state index in [9.17, 15) is 9.59 Å². The summed E-state index contributed by atoms with van der Waals surface area (Å²) < 4.78 is 3.07. The molecule has 7 heteroatoms. The lowest BCUT2D eigenvalue weighted by Gasteiger charge is -2.20. The number of anilines is 1. The molecule has 0 fully saturated rings. The number of aromatic nitrogens is 4. The van der Waals surface area contributed by atoms with E-state index in [4.69, 9.17) is 0 Å². The fourth-order valence-electron chi connectivity index (χ4n) is 3.70. The topological polar surface area (TPSA) is 73.0 Å². The lowest BCUT2D eigenvalue weighted by atomic mass is 10.2. The van der Waals surface area contributed by atoms with Crippen molar-refractivity contribution in [1.29, 1.82) is 0 Å². The summed E-state index contributed by atoms with van der Waals surface area (Å²) in [6.45, 7) is 7.88. The van der Waals surface area contributed by atoms with Crippen LogP contribution in [0, 0.1) is 27.7 Å². The van der Waals surface area contributed by atoms with Crippen LogP contribution in [0.4, 0.5) is 5.69 Å². The molecule has 28 heavy (non-hydrogen) atoms. The molecule has 1 amide bonds. The molecule has 0 unspecified atom stereocenters. The Morgan fingerprint density at radius 1 is 1.14 bits per heavy atom. The van der Waals surface area contributed by atoms with Gasteiger partial charge in [-0.1, -0.05) is 18.2 Å². The second-order valence-corrected chi connectivity index (χ2v) is 7.28. The van der Waals surface area contributed by atoms with E-state index in [0.29, 0.717) is 23.8 Å². The lowest BCUT2D eigenvalue weighted by molar-refractivity contribution is -0.119. The molecule has 0 bridgehead atoms. The van der Waals surface area contributed by atoms with Gasteiger partial charge in [-0.3, -0.25) is 14.2 Å². The van der Waals surface area contributed by atoms with Crippen LogP contribution in [-0.2, 0) is 17.8 Å². The number of hydrogen-bond donors (Lipinski definition) is 0. The molecule has 0 saturated carbocycles. The van der Waals surface area contributed by atoms with E-state index in [2.05, 4.69) is 10.1 Å². The summed E-state index contributed by atoms with van der Waals surface area (Å²) in [6.07, 6.45) is 0.826. The van der Waals surface area contributed by atoms with Gasteiger partial charge in [0.2, 0.25) is 11.9 Å². The van der Waals surface area contributed by atoms with Gasteiger partial charge in [0.15, 0.2) is 0 Å². The third-order valence-corrected chi connectivity index (χ3v) is 5.30. The lowest BCUT2D eigenvalue weighted by Crippen LogP contribution is -2.38. The Morgan fingerprint density at radius 2 is 1.89 bits per heavy atom. The van der Waals surface area contributed by atoms with Crippen molar-refractivity contribution in [3.8, 4) is 5.95 Å². The third kappa shape index (κ3) is 2.93. The largest absolute Gasteiger partial charge is 0.310 e. The average molecular weight is 377 g/mol. The minimum Gasteiger partial charge on any atom is -0.310 e. The third-order valence-electron chi connectivity index (χ3n) is 5.30. The summed E-state index contributed by atoms with van der Waals surface area (Å²) in [5.74, 6) is 0.249. The van der Waals surface area contributed by atoms with E-state index >= 15 is 0 Å². The normalized spacial score (nSPS) is 13.1. The Kier molecular flexibility index (Phi) is 4.37. The molecule has 1 aliphatic rings. The summed E-state index contributed by atoms with van der Waals surface area (Å²) in [4.78, 5) is 32.5. The highest BCUT2D eigenvalue weighted by atomic mass is 16.2. The van der Waals surface area contributed by atoms with Crippen LogP contribution < -0.4 is 10.5 Å². The van der Waals surface area contributed by atoms with Crippen molar-refractivity contribution >= 4 is 11.6 Å². The van der Waals surface area contributed by atoms with Crippen molar-refractivity contribution in [1.82, 2.24) is 19.3 Å². The van der Waals surface area contributed by atoms with E-state index in [1.54, 1.807) is 23.4 Å². The van der Waals surface area contributed by atoms with Crippen molar-refractivity contribution < 1.29 is 4.79 Å². The Hall–Kier alpha value is -3.22. The van der Waals surface area contributed by atoms with Gasteiger partial charge < -0.3 is 4.90 Å². The van der Waals surface area contributed by atoms with Crippen LogP contribution in [-0.4, -0.2) is 31.8 Å². The number of para-hydroxylation sites is 1. The van der Waals surface area contributed by atoms with E-state index in [1.807, 2.05) is 44.2 Å². The van der Waals surface area contributed by atoms with Gasteiger partial charge in [0, 0.05) is 29.2 Å². The second kappa shape index (κ2) is 6.74. The molecule has 3 heterocycles. The molecular formula is C21H23N5O2. The van der Waals surface area contributed by atoms with Gasteiger partial charge in [-0.15, -0.1) is 0 Å². The molecule has 0 aliphatic carbocycles. The summed E-state index contributed by atoms with van der Waals surface area (Å²) >= 11 is 0. The molecule has 2 aromatic heterocycles. The van der Waals surface area contributed by atoms with Crippen LogP contribution in [0.15, 0.2) is 35.1 Å². The second-order valence-electron chi connectivity index (χ2n) is 7.28. The minimum absolute atomic E-state index is 0.0744. The highest BCUT2D eigenvalue weighted by Gasteiger charge is 2.26. The van der Waals surface area contributed by atoms with Crippen molar-refractivity contribution in [2.45, 2.75) is 40.7 Å². The minimum atomic E-state index is -0.212. The number of nitrogens with zero attached hydrogens (tertiary/aromatic N) is 5. The van der Waals surface area contributed by atoms with Crippen LogP contribution in [0.2, 0.25) is 0 Å². The van der Waals surface area contributed by atoms with Crippen molar-refractivity contribution in [3.63, 3.8) is 0 Å². The van der Waals surface area contributed by atoms with Gasteiger partial charge in [-0.2, -0.15) is 5.10 Å². The van der Waals surface area contributed by atoms with Crippen LogP contribution in [0.3, 0.4) is 0 Å². The molecule has 1 aromatic carbocycles. The zero-order valence-electron chi connectivity index (χ0n) is 16.6. The molecule has 0 N–H and O–H groups in total. The van der Waals surface area contributed by atoms with Crippen molar-refractivity contribution in [2.75, 3.05) is 11.4 Å². The quantitative estimate of drug-likeness (QED) is 0.702. The maximum Gasteiger partial charge on any atom is 0.258 e. The molecule has 7 nitrogen and oxygen atoms in total. The van der Waals surface area contributed by atoms with E-state index < -0.39 is 0 Å². The summed E-state index contributed by atoms with van der Waals surface area (Å²) in [5.41, 5.74) is 4.74. The molecule has 3 aromatic rings. The zero-order chi connectivity index (χ0) is 20.0. The van der Waals surface area contributed by atoms with E-state index in [1.165, 1.54) is 4.57 Å². The monoisotopic (exact) mass is 377 g/mol. The van der Waals surface area contributed by atoms with Crippen molar-refractivity contribution in [3.05, 3.63) is 68.9 Å². The number of aryl methyl sites for hydroxylation is 3. The highest BCUT2D eigenvalue weighted by Crippen LogP contribution is 2.27. The highest BCUT2D eigenvalue weighted by molar-refractivity contribution is 5.95. The van der Waals surface area contributed by atoms with E-state index in [0.717, 1.165) is 29.1 Å². The van der Waals surface area contributed by atoms with Crippen LogP contribution in [0.1, 0.15) is 28.2 Å². The predicted molar refractivity (Wildman–Crippen MR) is 107 cm³/mol. The number of carbonyl (C=O) groups excluding carboxylic acids is 1. The number of fused-ring (bicyclic) bond motifs is 1. The zero-order valence-corrected chi connectivity index (χ0v) is 16.6. The van der Waals surface area contributed by atoms with Gasteiger partial charge >= 0.3 is 0 Å². The molecule has 0 radical (unpaired) electrons. The maximum absolute atomic E-state index is 13.1. The molecular weight excluding hydrogens is 354 g/mol. The first-order chi connectivity index (χ1) is 13.4. The standard InChI is InChI=1S/C21H23N5O2/c1-13-11-14(2)26(23-13)21-22-16(4)15(3)20(28)25(21)12-19(27)24-10-9-17-7-5-6-8-18(17)24/h5-8,11H,9-10,12H2,1-4H3. The fourth-order valence-corrected chi connectivity index (χ4v) is 3.70. The predicted octanol–water partition coefficient (Wildman–Crippen LogP) is 2.25. The molecule has 0 atom stereocenters.